The first-order chi connectivity index (χ1) is 5.65. The van der Waals surface area contributed by atoms with Crippen molar-refractivity contribution < 1.29 is 0 Å². The van der Waals surface area contributed by atoms with Gasteiger partial charge >= 0.3 is 0 Å². The Kier molecular flexibility index (Phi) is 2.69. The minimum atomic E-state index is 0.498. The third-order valence-corrected chi connectivity index (χ3v) is 1.94. The molecular formula is C10H16N2. The molecule has 0 fully saturated rings. The summed E-state index contributed by atoms with van der Waals surface area (Å²) in [5, 5.41) is 3.04. The molecule has 0 bridgehead atoms. The average molecular weight is 164 g/mol. The number of rotatable bonds is 2. The van der Waals surface area contributed by atoms with Crippen LogP contribution in [0.1, 0.15) is 31.0 Å². The van der Waals surface area contributed by atoms with E-state index in [9.17, 15) is 0 Å². The fourth-order valence-corrected chi connectivity index (χ4v) is 1.27. The van der Waals surface area contributed by atoms with Crippen LogP contribution in [0.25, 0.3) is 0 Å². The van der Waals surface area contributed by atoms with E-state index in [1.54, 1.807) is 0 Å². The van der Waals surface area contributed by atoms with E-state index in [1.165, 1.54) is 11.3 Å². The molecule has 0 saturated heterocycles. The van der Waals surface area contributed by atoms with E-state index < -0.39 is 0 Å². The van der Waals surface area contributed by atoms with Gasteiger partial charge in [0.25, 0.3) is 0 Å². The molecular weight excluding hydrogens is 148 g/mol. The van der Waals surface area contributed by atoms with Crippen LogP contribution in [0, 0.1) is 6.92 Å². The SMILES string of the molecule is CNc1ccc(C)c(C(C)C)n1. The van der Waals surface area contributed by atoms with Gasteiger partial charge in [0, 0.05) is 12.7 Å². The van der Waals surface area contributed by atoms with Crippen molar-refractivity contribution in [3.8, 4) is 0 Å². The van der Waals surface area contributed by atoms with Crippen LogP contribution in [0.4, 0.5) is 5.82 Å². The number of aromatic nitrogens is 1. The topological polar surface area (TPSA) is 24.9 Å². The highest BCUT2D eigenvalue weighted by Crippen LogP contribution is 2.18. The van der Waals surface area contributed by atoms with E-state index in [2.05, 4.69) is 37.1 Å². The van der Waals surface area contributed by atoms with Gasteiger partial charge in [-0.3, -0.25) is 0 Å². The lowest BCUT2D eigenvalue weighted by molar-refractivity contribution is 0.813. The third-order valence-electron chi connectivity index (χ3n) is 1.94. The molecule has 0 aromatic carbocycles. The first-order valence-electron chi connectivity index (χ1n) is 4.30. The number of pyridine rings is 1. The van der Waals surface area contributed by atoms with Gasteiger partial charge in [-0.2, -0.15) is 0 Å². The molecule has 0 aliphatic heterocycles. The fourth-order valence-electron chi connectivity index (χ4n) is 1.27. The summed E-state index contributed by atoms with van der Waals surface area (Å²) in [6.45, 7) is 6.42. The summed E-state index contributed by atoms with van der Waals surface area (Å²) in [5.74, 6) is 1.45. The number of nitrogens with zero attached hydrogens (tertiary/aromatic N) is 1. The Bertz CT molecular complexity index is 267. The summed E-state index contributed by atoms with van der Waals surface area (Å²) in [6, 6.07) is 4.11. The van der Waals surface area contributed by atoms with Gasteiger partial charge in [-0.1, -0.05) is 19.9 Å². The van der Waals surface area contributed by atoms with Crippen LogP contribution < -0.4 is 5.32 Å². The largest absolute Gasteiger partial charge is 0.373 e. The molecule has 0 radical (unpaired) electrons. The molecule has 0 saturated carbocycles. The van der Waals surface area contributed by atoms with Crippen molar-refractivity contribution in [2.75, 3.05) is 12.4 Å². The smallest absolute Gasteiger partial charge is 0.125 e. The van der Waals surface area contributed by atoms with Gasteiger partial charge in [0.2, 0.25) is 0 Å². The van der Waals surface area contributed by atoms with Crippen LogP contribution in [0.5, 0.6) is 0 Å². The Morgan fingerprint density at radius 3 is 2.50 bits per heavy atom. The predicted molar refractivity (Wildman–Crippen MR) is 52.6 cm³/mol. The van der Waals surface area contributed by atoms with Gasteiger partial charge in [0.1, 0.15) is 5.82 Å². The second kappa shape index (κ2) is 3.57. The van der Waals surface area contributed by atoms with Crippen LogP contribution >= 0.6 is 0 Å². The van der Waals surface area contributed by atoms with Crippen molar-refractivity contribution >= 4 is 5.82 Å². The fraction of sp³-hybridized carbons (Fsp3) is 0.500. The number of nitrogens with one attached hydrogen (secondary N) is 1. The first kappa shape index (κ1) is 9.04. The standard InChI is InChI=1S/C10H16N2/c1-7(2)10-8(3)5-6-9(11-4)12-10/h5-7H,1-4H3,(H,11,12). The number of hydrogen-bond acceptors (Lipinski definition) is 2. The molecule has 1 N–H and O–H groups in total. The molecule has 2 heteroatoms. The van der Waals surface area contributed by atoms with Gasteiger partial charge in [-0.15, -0.1) is 0 Å². The molecule has 0 amide bonds. The summed E-state index contributed by atoms with van der Waals surface area (Å²) in [7, 11) is 1.89. The van der Waals surface area contributed by atoms with E-state index in [0.717, 1.165) is 5.82 Å². The molecule has 1 aromatic rings. The zero-order valence-corrected chi connectivity index (χ0v) is 8.18. The number of hydrogen-bond donors (Lipinski definition) is 1. The molecule has 66 valence electrons. The lowest BCUT2D eigenvalue weighted by Crippen LogP contribution is -2.00. The lowest BCUT2D eigenvalue weighted by atomic mass is 10.1. The van der Waals surface area contributed by atoms with E-state index in [0.29, 0.717) is 5.92 Å². The summed E-state index contributed by atoms with van der Waals surface area (Å²) < 4.78 is 0. The highest BCUT2D eigenvalue weighted by Gasteiger charge is 2.04. The molecule has 1 rings (SSSR count). The molecule has 12 heavy (non-hydrogen) atoms. The predicted octanol–water partition coefficient (Wildman–Crippen LogP) is 2.56. The van der Waals surface area contributed by atoms with Crippen molar-refractivity contribution in [1.82, 2.24) is 4.98 Å². The minimum absolute atomic E-state index is 0.498. The Hall–Kier alpha value is -1.05. The summed E-state index contributed by atoms with van der Waals surface area (Å²) >= 11 is 0. The van der Waals surface area contributed by atoms with E-state index >= 15 is 0 Å². The van der Waals surface area contributed by atoms with E-state index in [-0.39, 0.29) is 0 Å². The Labute approximate surface area is 74.0 Å². The maximum absolute atomic E-state index is 4.48. The van der Waals surface area contributed by atoms with Gasteiger partial charge in [-0.25, -0.2) is 4.98 Å². The van der Waals surface area contributed by atoms with Crippen molar-refractivity contribution in [2.45, 2.75) is 26.7 Å². The molecule has 2 nitrogen and oxygen atoms in total. The quantitative estimate of drug-likeness (QED) is 0.726. The second-order valence-electron chi connectivity index (χ2n) is 3.30. The highest BCUT2D eigenvalue weighted by molar-refractivity contribution is 5.38. The van der Waals surface area contributed by atoms with E-state index in [4.69, 9.17) is 0 Å². The Balaban J connectivity index is 3.08. The van der Waals surface area contributed by atoms with E-state index in [1.807, 2.05) is 13.1 Å². The molecule has 0 aliphatic carbocycles. The molecule has 1 aromatic heterocycles. The molecule has 0 spiro atoms. The first-order valence-corrected chi connectivity index (χ1v) is 4.30. The molecule has 0 aliphatic rings. The zero-order chi connectivity index (χ0) is 9.14. The maximum atomic E-state index is 4.48. The molecule has 0 atom stereocenters. The van der Waals surface area contributed by atoms with Crippen molar-refractivity contribution in [2.24, 2.45) is 0 Å². The van der Waals surface area contributed by atoms with Gasteiger partial charge in [0.15, 0.2) is 0 Å². The third kappa shape index (κ3) is 1.76. The Morgan fingerprint density at radius 2 is 2.00 bits per heavy atom. The second-order valence-corrected chi connectivity index (χ2v) is 3.30. The summed E-state index contributed by atoms with van der Waals surface area (Å²) in [5.41, 5.74) is 2.45. The van der Waals surface area contributed by atoms with Gasteiger partial charge < -0.3 is 5.32 Å². The van der Waals surface area contributed by atoms with Crippen molar-refractivity contribution in [3.05, 3.63) is 23.4 Å². The minimum Gasteiger partial charge on any atom is -0.373 e. The normalized spacial score (nSPS) is 10.4. The average Bonchev–Trinajstić information content (AvgIpc) is 2.05. The molecule has 1 heterocycles. The van der Waals surface area contributed by atoms with Crippen LogP contribution in [-0.4, -0.2) is 12.0 Å². The lowest BCUT2D eigenvalue weighted by Gasteiger charge is -2.09. The summed E-state index contributed by atoms with van der Waals surface area (Å²) in [4.78, 5) is 4.48. The number of aryl methyl sites for hydroxylation is 1. The number of anilines is 1. The van der Waals surface area contributed by atoms with Crippen LogP contribution in [-0.2, 0) is 0 Å². The van der Waals surface area contributed by atoms with Crippen LogP contribution in [0.15, 0.2) is 12.1 Å². The van der Waals surface area contributed by atoms with Gasteiger partial charge in [-0.05, 0) is 24.5 Å². The van der Waals surface area contributed by atoms with Crippen LogP contribution in [0.2, 0.25) is 0 Å². The monoisotopic (exact) mass is 164 g/mol. The van der Waals surface area contributed by atoms with Crippen LogP contribution in [0.3, 0.4) is 0 Å². The highest BCUT2D eigenvalue weighted by atomic mass is 15.0. The zero-order valence-electron chi connectivity index (χ0n) is 8.18. The maximum Gasteiger partial charge on any atom is 0.125 e. The van der Waals surface area contributed by atoms with Crippen molar-refractivity contribution in [3.63, 3.8) is 0 Å². The van der Waals surface area contributed by atoms with Gasteiger partial charge in [0.05, 0.1) is 0 Å². The van der Waals surface area contributed by atoms with Crippen molar-refractivity contribution in [1.29, 1.82) is 0 Å². The Morgan fingerprint density at radius 1 is 1.33 bits per heavy atom. The summed E-state index contributed by atoms with van der Waals surface area (Å²) in [6.07, 6.45) is 0. The molecule has 0 unspecified atom stereocenters.